The predicted molar refractivity (Wildman–Crippen MR) is 141 cm³/mol. The van der Waals surface area contributed by atoms with Gasteiger partial charge >= 0.3 is 18.0 Å². The molecule has 208 valence electrons. The van der Waals surface area contributed by atoms with Gasteiger partial charge in [0, 0.05) is 5.69 Å². The van der Waals surface area contributed by atoms with E-state index in [-0.39, 0.29) is 29.6 Å². The molecule has 1 aliphatic heterocycles. The second-order valence-corrected chi connectivity index (χ2v) is 9.12. The number of halogens is 3. The van der Waals surface area contributed by atoms with Gasteiger partial charge in [0.25, 0.3) is 0 Å². The number of methoxy groups -OCH3 is 1. The highest BCUT2D eigenvalue weighted by atomic mass is 19.4. The molecule has 0 saturated heterocycles. The van der Waals surface area contributed by atoms with E-state index < -0.39 is 29.6 Å². The molecule has 0 N–H and O–H groups in total. The summed E-state index contributed by atoms with van der Waals surface area (Å²) in [5.74, 6) is -0.0536. The average Bonchev–Trinajstić information content (AvgIpc) is 3.28. The number of ether oxygens (including phenoxy) is 2. The number of anilines is 2. The third-order valence-corrected chi connectivity index (χ3v) is 6.57. The minimum atomic E-state index is -4.63. The van der Waals surface area contributed by atoms with Crippen LogP contribution >= 0.6 is 0 Å². The van der Waals surface area contributed by atoms with Crippen LogP contribution in [0.25, 0.3) is 0 Å². The van der Waals surface area contributed by atoms with E-state index in [1.54, 1.807) is 43.3 Å². The highest BCUT2D eigenvalue weighted by molar-refractivity contribution is 5.69. The number of nitriles is 1. The quantitative estimate of drug-likeness (QED) is 0.287. The van der Waals surface area contributed by atoms with Crippen LogP contribution in [0.4, 0.5) is 29.6 Å². The Kier molecular flexibility index (Phi) is 7.11. The first-order valence-electron chi connectivity index (χ1n) is 12.3. The topological polar surface area (TPSA) is 102 Å². The minimum absolute atomic E-state index is 0.00864. The van der Waals surface area contributed by atoms with Crippen LogP contribution in [-0.4, -0.2) is 27.6 Å². The zero-order valence-corrected chi connectivity index (χ0v) is 21.8. The second-order valence-electron chi connectivity index (χ2n) is 9.12. The van der Waals surface area contributed by atoms with Gasteiger partial charge in [-0.05, 0) is 48.4 Å². The summed E-state index contributed by atoms with van der Waals surface area (Å²) < 4.78 is 53.7. The van der Waals surface area contributed by atoms with Gasteiger partial charge in [0.05, 0.1) is 36.5 Å². The SMILES string of the molecule is COC(=O)OC1=C(C)N(c2cccc(C(F)(F)F)c2)c2nn(Cc3ccccc3)c(=O)n2C1c1ccc(C#N)cc1. The summed E-state index contributed by atoms with van der Waals surface area (Å²) in [6.45, 7) is 1.61. The zero-order valence-electron chi connectivity index (χ0n) is 21.8. The van der Waals surface area contributed by atoms with Crippen molar-refractivity contribution in [2.24, 2.45) is 0 Å². The van der Waals surface area contributed by atoms with Gasteiger partial charge in [0.1, 0.15) is 6.04 Å². The van der Waals surface area contributed by atoms with E-state index in [9.17, 15) is 28.0 Å². The van der Waals surface area contributed by atoms with Gasteiger partial charge in [0.2, 0.25) is 5.95 Å². The van der Waals surface area contributed by atoms with Crippen LogP contribution in [0, 0.1) is 11.3 Å². The first kappa shape index (κ1) is 27.3. The fourth-order valence-corrected chi connectivity index (χ4v) is 4.65. The van der Waals surface area contributed by atoms with Crippen LogP contribution in [0.2, 0.25) is 0 Å². The molecular weight excluding hydrogens is 539 g/mol. The molecule has 1 atom stereocenters. The zero-order chi connectivity index (χ0) is 29.3. The number of fused-ring (bicyclic) bond motifs is 1. The Morgan fingerprint density at radius 1 is 1.05 bits per heavy atom. The van der Waals surface area contributed by atoms with Crippen molar-refractivity contribution in [2.75, 3.05) is 12.0 Å². The Balaban J connectivity index is 1.78. The van der Waals surface area contributed by atoms with Crippen LogP contribution in [-0.2, 0) is 22.2 Å². The van der Waals surface area contributed by atoms with E-state index >= 15 is 0 Å². The highest BCUT2D eigenvalue weighted by Gasteiger charge is 2.40. The van der Waals surface area contributed by atoms with Gasteiger partial charge in [-0.1, -0.05) is 48.5 Å². The fourth-order valence-electron chi connectivity index (χ4n) is 4.65. The lowest BCUT2D eigenvalue weighted by Gasteiger charge is -2.35. The molecule has 4 aromatic rings. The molecule has 1 unspecified atom stereocenters. The maximum Gasteiger partial charge on any atom is 0.513 e. The monoisotopic (exact) mass is 561 g/mol. The first-order chi connectivity index (χ1) is 19.6. The molecule has 1 aromatic heterocycles. The van der Waals surface area contributed by atoms with Crippen molar-refractivity contribution in [3.05, 3.63) is 123 Å². The van der Waals surface area contributed by atoms with Crippen molar-refractivity contribution in [1.29, 1.82) is 5.26 Å². The summed E-state index contributed by atoms with van der Waals surface area (Å²) in [6, 6.07) is 20.8. The Hall–Kier alpha value is -5.31. The van der Waals surface area contributed by atoms with E-state index in [1.807, 2.05) is 24.3 Å². The molecule has 41 heavy (non-hydrogen) atoms. The lowest BCUT2D eigenvalue weighted by atomic mass is 10.00. The van der Waals surface area contributed by atoms with E-state index in [2.05, 4.69) is 5.10 Å². The van der Waals surface area contributed by atoms with Crippen LogP contribution in [0.3, 0.4) is 0 Å². The number of nitrogens with zero attached hydrogens (tertiary/aromatic N) is 5. The molecule has 3 aromatic carbocycles. The summed E-state index contributed by atoms with van der Waals surface area (Å²) in [7, 11) is 1.11. The molecule has 9 nitrogen and oxygen atoms in total. The van der Waals surface area contributed by atoms with E-state index in [1.165, 1.54) is 26.3 Å². The normalized spacial score (nSPS) is 14.8. The Morgan fingerprint density at radius 3 is 2.39 bits per heavy atom. The number of benzene rings is 3. The Morgan fingerprint density at radius 2 is 1.76 bits per heavy atom. The largest absolute Gasteiger partial charge is 0.513 e. The molecule has 5 rings (SSSR count). The average molecular weight is 562 g/mol. The number of aromatic nitrogens is 3. The molecule has 12 heteroatoms. The summed E-state index contributed by atoms with van der Waals surface area (Å²) in [5, 5.41) is 13.8. The van der Waals surface area contributed by atoms with Gasteiger partial charge in [-0.2, -0.15) is 18.4 Å². The number of hydrogen-bond acceptors (Lipinski definition) is 7. The van der Waals surface area contributed by atoms with Gasteiger partial charge in [-0.25, -0.2) is 18.8 Å². The summed E-state index contributed by atoms with van der Waals surface area (Å²) >= 11 is 0. The van der Waals surface area contributed by atoms with Crippen LogP contribution in [0.1, 0.15) is 35.2 Å². The third-order valence-electron chi connectivity index (χ3n) is 6.57. The third kappa shape index (κ3) is 5.17. The van der Waals surface area contributed by atoms with E-state index in [4.69, 9.17) is 9.47 Å². The van der Waals surface area contributed by atoms with Crippen molar-refractivity contribution in [3.63, 3.8) is 0 Å². The predicted octanol–water partition coefficient (Wildman–Crippen LogP) is 5.74. The van der Waals surface area contributed by atoms with Gasteiger partial charge < -0.3 is 9.47 Å². The molecule has 0 fully saturated rings. The molecule has 2 heterocycles. The molecule has 1 aliphatic rings. The number of carbonyl (C=O) groups is 1. The van der Waals surface area contributed by atoms with Crippen LogP contribution in [0.5, 0.6) is 0 Å². The maximum absolute atomic E-state index is 13.9. The van der Waals surface area contributed by atoms with E-state index in [0.29, 0.717) is 11.1 Å². The molecule has 0 radical (unpaired) electrons. The van der Waals surface area contributed by atoms with Crippen molar-refractivity contribution >= 4 is 17.8 Å². The van der Waals surface area contributed by atoms with Crippen molar-refractivity contribution in [2.45, 2.75) is 25.7 Å². The molecule has 0 amide bonds. The first-order valence-corrected chi connectivity index (χ1v) is 12.3. The standard InChI is InChI=1S/C29H22F3N5O4/c1-18-25(41-28(39)40-2)24(21-13-11-19(16-33)12-14-21)37-26(34-35(27(37)38)17-20-7-4-3-5-8-20)36(18)23-10-6-9-22(15-23)29(30,31)32/h3-15,24H,17H2,1-2H3. The molecule has 0 aliphatic carbocycles. The lowest BCUT2D eigenvalue weighted by molar-refractivity contribution is -0.137. The number of alkyl halides is 3. The van der Waals surface area contributed by atoms with Crippen molar-refractivity contribution in [3.8, 4) is 6.07 Å². The molecule has 0 spiro atoms. The summed E-state index contributed by atoms with van der Waals surface area (Å²) in [4.78, 5) is 27.7. The van der Waals surface area contributed by atoms with Crippen molar-refractivity contribution < 1.29 is 27.4 Å². The number of hydrogen-bond donors (Lipinski definition) is 0. The van der Waals surface area contributed by atoms with Gasteiger partial charge in [-0.15, -0.1) is 5.10 Å². The van der Waals surface area contributed by atoms with Gasteiger partial charge in [-0.3, -0.25) is 4.90 Å². The fraction of sp³-hybridized carbons (Fsp3) is 0.172. The van der Waals surface area contributed by atoms with Gasteiger partial charge in [0.15, 0.2) is 5.76 Å². The summed E-state index contributed by atoms with van der Waals surface area (Å²) in [5.41, 5.74) is 0.320. The Labute approximate surface area is 231 Å². The highest BCUT2D eigenvalue weighted by Crippen LogP contribution is 2.43. The van der Waals surface area contributed by atoms with Crippen molar-refractivity contribution in [1.82, 2.24) is 14.3 Å². The van der Waals surface area contributed by atoms with Crippen LogP contribution in [0.15, 0.2) is 95.1 Å². The number of allylic oxidation sites excluding steroid dienone is 2. The van der Waals surface area contributed by atoms with E-state index in [0.717, 1.165) is 24.8 Å². The lowest BCUT2D eigenvalue weighted by Crippen LogP contribution is -2.37. The molecule has 0 bridgehead atoms. The van der Waals surface area contributed by atoms with Crippen LogP contribution < -0.4 is 10.6 Å². The number of carbonyl (C=O) groups excluding carboxylic acids is 1. The summed E-state index contributed by atoms with van der Waals surface area (Å²) in [6.07, 6.45) is -5.72. The smallest absolute Gasteiger partial charge is 0.437 e. The maximum atomic E-state index is 13.9. The Bertz CT molecular complexity index is 1740. The number of rotatable bonds is 5. The minimum Gasteiger partial charge on any atom is -0.437 e. The molecule has 0 saturated carbocycles. The molecular formula is C29H22F3N5O4. The second kappa shape index (κ2) is 10.7.